The first-order valence-corrected chi connectivity index (χ1v) is 5.38. The number of carboxylic acid groups (broad SMARTS) is 2. The number of carboxylic acids is 2. The molecule has 0 fully saturated rings. The number of aryl methyl sites for hydroxylation is 1. The topological polar surface area (TPSA) is 144 Å². The predicted molar refractivity (Wildman–Crippen MR) is 62.4 cm³/mol. The molecule has 0 spiro atoms. The van der Waals surface area contributed by atoms with Crippen LogP contribution in [0.4, 0.5) is 4.79 Å². The molecular formula is C10H14N4O5. The summed E-state index contributed by atoms with van der Waals surface area (Å²) < 4.78 is 0. The zero-order valence-electron chi connectivity index (χ0n) is 10.1. The summed E-state index contributed by atoms with van der Waals surface area (Å²) in [6.07, 6.45) is 0.842. The normalized spacial score (nSPS) is 11.6. The second kappa shape index (κ2) is 6.38. The molecule has 0 bridgehead atoms. The first-order chi connectivity index (χ1) is 8.90. The number of rotatable bonds is 6. The minimum atomic E-state index is -1.47. The van der Waals surface area contributed by atoms with E-state index in [4.69, 9.17) is 10.2 Å². The molecule has 5 N–H and O–H groups in total. The van der Waals surface area contributed by atoms with E-state index in [2.05, 4.69) is 20.8 Å². The maximum absolute atomic E-state index is 11.4. The second-order valence-corrected chi connectivity index (χ2v) is 3.84. The van der Waals surface area contributed by atoms with Crippen molar-refractivity contribution in [1.29, 1.82) is 0 Å². The van der Waals surface area contributed by atoms with Crippen molar-refractivity contribution < 1.29 is 24.6 Å². The van der Waals surface area contributed by atoms with E-state index >= 15 is 0 Å². The van der Waals surface area contributed by atoms with Crippen molar-refractivity contribution in [2.75, 3.05) is 0 Å². The fourth-order valence-electron chi connectivity index (χ4n) is 1.31. The summed E-state index contributed by atoms with van der Waals surface area (Å²) in [4.78, 5) is 32.6. The van der Waals surface area contributed by atoms with Crippen molar-refractivity contribution in [3.63, 3.8) is 0 Å². The van der Waals surface area contributed by atoms with E-state index in [1.165, 1.54) is 6.20 Å². The van der Waals surface area contributed by atoms with E-state index in [1.807, 2.05) is 0 Å². The number of nitrogens with one attached hydrogen (secondary N) is 3. The van der Waals surface area contributed by atoms with Crippen LogP contribution in [-0.2, 0) is 16.1 Å². The number of hydrogen-bond donors (Lipinski definition) is 5. The van der Waals surface area contributed by atoms with Crippen LogP contribution in [0.25, 0.3) is 0 Å². The lowest BCUT2D eigenvalue weighted by atomic mass is 10.2. The van der Waals surface area contributed by atoms with Gasteiger partial charge in [0.05, 0.1) is 12.6 Å². The first-order valence-electron chi connectivity index (χ1n) is 5.38. The maximum atomic E-state index is 11.4. The van der Waals surface area contributed by atoms with Gasteiger partial charge in [-0.2, -0.15) is 5.10 Å². The molecule has 19 heavy (non-hydrogen) atoms. The number of nitrogens with zero attached hydrogens (tertiary/aromatic N) is 1. The fourth-order valence-corrected chi connectivity index (χ4v) is 1.31. The number of carbonyl (C=O) groups is 3. The minimum absolute atomic E-state index is 0.160. The number of amides is 2. The van der Waals surface area contributed by atoms with E-state index < -0.39 is 30.4 Å². The Hall–Kier alpha value is -2.58. The molecule has 104 valence electrons. The van der Waals surface area contributed by atoms with E-state index in [-0.39, 0.29) is 6.54 Å². The smallest absolute Gasteiger partial charge is 0.326 e. The molecule has 0 aromatic carbocycles. The van der Waals surface area contributed by atoms with Crippen molar-refractivity contribution in [3.05, 3.63) is 17.5 Å². The van der Waals surface area contributed by atoms with Gasteiger partial charge in [0.15, 0.2) is 0 Å². The molecular weight excluding hydrogens is 256 g/mol. The van der Waals surface area contributed by atoms with Gasteiger partial charge in [0.2, 0.25) is 0 Å². The Labute approximate surface area is 108 Å². The molecule has 1 heterocycles. The lowest BCUT2D eigenvalue weighted by molar-refractivity contribution is -0.145. The highest BCUT2D eigenvalue weighted by molar-refractivity contribution is 5.86. The van der Waals surface area contributed by atoms with Crippen LogP contribution in [0.15, 0.2) is 6.20 Å². The Morgan fingerprint density at radius 3 is 2.58 bits per heavy atom. The first kappa shape index (κ1) is 14.5. The third-order valence-electron chi connectivity index (χ3n) is 2.36. The van der Waals surface area contributed by atoms with Crippen LogP contribution in [0.3, 0.4) is 0 Å². The highest BCUT2D eigenvalue weighted by atomic mass is 16.4. The van der Waals surface area contributed by atoms with Gasteiger partial charge >= 0.3 is 18.0 Å². The van der Waals surface area contributed by atoms with Gasteiger partial charge < -0.3 is 20.8 Å². The van der Waals surface area contributed by atoms with Crippen LogP contribution in [0.5, 0.6) is 0 Å². The van der Waals surface area contributed by atoms with Crippen LogP contribution in [0.1, 0.15) is 17.7 Å². The molecule has 9 heteroatoms. The molecule has 0 aliphatic heterocycles. The molecule has 2 amide bonds. The van der Waals surface area contributed by atoms with Crippen LogP contribution in [-0.4, -0.2) is 44.4 Å². The molecule has 9 nitrogen and oxygen atoms in total. The Bertz CT molecular complexity index is 484. The van der Waals surface area contributed by atoms with Crippen LogP contribution >= 0.6 is 0 Å². The Morgan fingerprint density at radius 1 is 1.42 bits per heavy atom. The van der Waals surface area contributed by atoms with Crippen molar-refractivity contribution in [2.24, 2.45) is 0 Å². The zero-order chi connectivity index (χ0) is 14.4. The standard InChI is InChI=1S/C10H14N4O5/c1-5-6(4-12-14-5)3-11-10(19)13-7(9(17)18)2-8(15)16/h4,7H,2-3H2,1H3,(H,12,14)(H,15,16)(H,17,18)(H2,11,13,19). The van der Waals surface area contributed by atoms with Crippen LogP contribution < -0.4 is 10.6 Å². The predicted octanol–water partition coefficient (Wildman–Crippen LogP) is -0.555. The van der Waals surface area contributed by atoms with E-state index in [0.717, 1.165) is 11.3 Å². The number of aromatic nitrogens is 2. The number of aliphatic carboxylic acids is 2. The van der Waals surface area contributed by atoms with Gasteiger partial charge in [-0.25, -0.2) is 9.59 Å². The Kier molecular flexibility index (Phi) is 4.86. The van der Waals surface area contributed by atoms with E-state index in [9.17, 15) is 14.4 Å². The van der Waals surface area contributed by atoms with Gasteiger partial charge in [-0.3, -0.25) is 9.89 Å². The van der Waals surface area contributed by atoms with Crippen molar-refractivity contribution in [3.8, 4) is 0 Å². The average molecular weight is 270 g/mol. The van der Waals surface area contributed by atoms with E-state index in [0.29, 0.717) is 0 Å². The Balaban J connectivity index is 2.47. The average Bonchev–Trinajstić information content (AvgIpc) is 2.70. The van der Waals surface area contributed by atoms with Gasteiger partial charge in [0, 0.05) is 17.8 Å². The summed E-state index contributed by atoms with van der Waals surface area (Å²) in [7, 11) is 0. The number of H-pyrrole nitrogens is 1. The number of carbonyl (C=O) groups excluding carboxylic acids is 1. The minimum Gasteiger partial charge on any atom is -0.481 e. The third kappa shape index (κ3) is 4.66. The molecule has 0 saturated heterocycles. The SMILES string of the molecule is Cc1[nH]ncc1CNC(=O)NC(CC(=O)O)C(=O)O. The maximum Gasteiger partial charge on any atom is 0.326 e. The van der Waals surface area contributed by atoms with Crippen molar-refractivity contribution in [2.45, 2.75) is 25.9 Å². The van der Waals surface area contributed by atoms with E-state index in [1.54, 1.807) is 6.92 Å². The van der Waals surface area contributed by atoms with Crippen LogP contribution in [0.2, 0.25) is 0 Å². The molecule has 0 radical (unpaired) electrons. The molecule has 0 aliphatic carbocycles. The largest absolute Gasteiger partial charge is 0.481 e. The van der Waals surface area contributed by atoms with Crippen molar-refractivity contribution in [1.82, 2.24) is 20.8 Å². The highest BCUT2D eigenvalue weighted by Gasteiger charge is 2.22. The summed E-state index contributed by atoms with van der Waals surface area (Å²) in [5.74, 6) is -2.71. The number of urea groups is 1. The number of hydrogen-bond acceptors (Lipinski definition) is 4. The van der Waals surface area contributed by atoms with Gasteiger partial charge in [-0.05, 0) is 6.92 Å². The zero-order valence-corrected chi connectivity index (χ0v) is 10.1. The van der Waals surface area contributed by atoms with Gasteiger partial charge in [0.25, 0.3) is 0 Å². The molecule has 0 saturated carbocycles. The highest BCUT2D eigenvalue weighted by Crippen LogP contribution is 2.01. The Morgan fingerprint density at radius 2 is 2.11 bits per heavy atom. The second-order valence-electron chi connectivity index (χ2n) is 3.84. The molecule has 1 unspecified atom stereocenters. The summed E-state index contributed by atoms with van der Waals surface area (Å²) in [5, 5.41) is 28.2. The number of aromatic amines is 1. The monoisotopic (exact) mass is 270 g/mol. The van der Waals surface area contributed by atoms with Crippen molar-refractivity contribution >= 4 is 18.0 Å². The van der Waals surface area contributed by atoms with Gasteiger partial charge in [-0.1, -0.05) is 0 Å². The molecule has 1 atom stereocenters. The quantitative estimate of drug-likeness (QED) is 0.469. The lowest BCUT2D eigenvalue weighted by Gasteiger charge is -2.13. The van der Waals surface area contributed by atoms with Gasteiger partial charge in [0.1, 0.15) is 6.04 Å². The fraction of sp³-hybridized carbons (Fsp3) is 0.400. The summed E-state index contributed by atoms with van der Waals surface area (Å²) in [6, 6.07) is -2.22. The van der Waals surface area contributed by atoms with Crippen LogP contribution in [0, 0.1) is 6.92 Å². The molecule has 1 aromatic rings. The summed E-state index contributed by atoms with van der Waals surface area (Å²) >= 11 is 0. The third-order valence-corrected chi connectivity index (χ3v) is 2.36. The summed E-state index contributed by atoms with van der Waals surface area (Å²) in [6.45, 7) is 1.93. The molecule has 0 aliphatic rings. The summed E-state index contributed by atoms with van der Waals surface area (Å²) in [5.41, 5.74) is 1.53. The lowest BCUT2D eigenvalue weighted by Crippen LogP contribution is -2.46. The molecule has 1 rings (SSSR count). The molecule has 1 aromatic heterocycles. The van der Waals surface area contributed by atoms with Gasteiger partial charge in [-0.15, -0.1) is 0 Å².